The second-order valence-electron chi connectivity index (χ2n) is 8.54. The average Bonchev–Trinajstić information content (AvgIpc) is 2.78. The Balaban J connectivity index is 1.55. The Morgan fingerprint density at radius 1 is 1.06 bits per heavy atom. The molecule has 2 fully saturated rings. The van der Waals surface area contributed by atoms with Crippen LogP contribution in [0.2, 0.25) is 0 Å². The van der Waals surface area contributed by atoms with Crippen molar-refractivity contribution in [3.8, 4) is 0 Å². The molecule has 2 aliphatic rings. The van der Waals surface area contributed by atoms with Crippen molar-refractivity contribution in [2.24, 2.45) is 5.92 Å². The minimum atomic E-state index is -3.46. The molecule has 2 aliphatic heterocycles. The Hall–Kier alpha value is -2.62. The molecule has 1 atom stereocenters. The van der Waals surface area contributed by atoms with Gasteiger partial charge in [0.15, 0.2) is 9.84 Å². The summed E-state index contributed by atoms with van der Waals surface area (Å²) < 4.78 is 24.8. The van der Waals surface area contributed by atoms with E-state index < -0.39 is 9.84 Å². The van der Waals surface area contributed by atoms with Crippen LogP contribution >= 0.6 is 0 Å². The van der Waals surface area contributed by atoms with Gasteiger partial charge in [-0.1, -0.05) is 6.92 Å². The van der Waals surface area contributed by atoms with E-state index in [1.165, 1.54) is 37.5 Å². The molecule has 0 bridgehead atoms. The van der Waals surface area contributed by atoms with Gasteiger partial charge in [-0.05, 0) is 31.6 Å². The predicted molar refractivity (Wildman–Crippen MR) is 116 cm³/mol. The number of amides is 1. The van der Waals surface area contributed by atoms with Crippen molar-refractivity contribution >= 4 is 21.7 Å². The molecule has 0 saturated carbocycles. The zero-order chi connectivity index (χ0) is 22.0. The molecule has 1 amide bonds. The Labute approximate surface area is 182 Å². The zero-order valence-electron chi connectivity index (χ0n) is 17.9. The third-order valence-corrected chi connectivity index (χ3v) is 7.17. The highest BCUT2D eigenvalue weighted by Gasteiger charge is 2.31. The van der Waals surface area contributed by atoms with Crippen LogP contribution in [0.5, 0.6) is 0 Å². The molecule has 2 aromatic rings. The first-order chi connectivity index (χ1) is 14.8. The Kier molecular flexibility index (Phi) is 6.17. The van der Waals surface area contributed by atoms with E-state index in [0.29, 0.717) is 49.2 Å². The van der Waals surface area contributed by atoms with Gasteiger partial charge in [0.25, 0.3) is 5.91 Å². The Bertz CT molecular complexity index is 1040. The summed E-state index contributed by atoms with van der Waals surface area (Å²) in [5.74, 6) is 0.970. The number of sulfone groups is 1. The molecule has 2 saturated heterocycles. The number of hydrogen-bond acceptors (Lipinski definition) is 8. The summed E-state index contributed by atoms with van der Waals surface area (Å²) in [6.07, 6.45) is 10.7. The number of aromatic nitrogens is 4. The van der Waals surface area contributed by atoms with Crippen LogP contribution in [0.4, 0.5) is 5.95 Å². The number of anilines is 1. The fraction of sp³-hybridized carbons (Fsp3) is 0.571. The van der Waals surface area contributed by atoms with E-state index in [0.717, 1.165) is 19.5 Å². The molecule has 0 radical (unpaired) electrons. The smallest absolute Gasteiger partial charge is 0.274 e. The lowest BCUT2D eigenvalue weighted by Gasteiger charge is -2.34. The van der Waals surface area contributed by atoms with Crippen molar-refractivity contribution in [1.82, 2.24) is 24.8 Å². The lowest BCUT2D eigenvalue weighted by atomic mass is 9.93. The monoisotopic (exact) mass is 444 g/mol. The fourth-order valence-electron chi connectivity index (χ4n) is 4.40. The quantitative estimate of drug-likeness (QED) is 0.704. The highest BCUT2D eigenvalue weighted by Crippen LogP contribution is 2.33. The van der Waals surface area contributed by atoms with Gasteiger partial charge in [0.05, 0.1) is 18.1 Å². The van der Waals surface area contributed by atoms with Crippen molar-refractivity contribution in [3.05, 3.63) is 36.2 Å². The molecule has 166 valence electrons. The SMILES string of the molecule is CC1CCCN(c2ncc(S(C)(=O)=O)c(C3CCN(C(=O)c4cnccn4)CC3)n2)C1. The number of hydrogen-bond donors (Lipinski definition) is 0. The number of carbonyl (C=O) groups is 1. The van der Waals surface area contributed by atoms with E-state index in [2.05, 4.69) is 26.8 Å². The Morgan fingerprint density at radius 3 is 2.48 bits per heavy atom. The minimum Gasteiger partial charge on any atom is -0.341 e. The highest BCUT2D eigenvalue weighted by molar-refractivity contribution is 7.90. The van der Waals surface area contributed by atoms with E-state index in [1.807, 2.05) is 0 Å². The first-order valence-electron chi connectivity index (χ1n) is 10.7. The molecular formula is C21H28N6O3S. The van der Waals surface area contributed by atoms with Gasteiger partial charge in [0.2, 0.25) is 5.95 Å². The molecule has 4 rings (SSSR count). The number of likely N-dealkylation sites (tertiary alicyclic amines) is 1. The largest absolute Gasteiger partial charge is 0.341 e. The van der Waals surface area contributed by atoms with Gasteiger partial charge < -0.3 is 9.80 Å². The lowest BCUT2D eigenvalue weighted by molar-refractivity contribution is 0.0705. The van der Waals surface area contributed by atoms with Crippen molar-refractivity contribution in [1.29, 1.82) is 0 Å². The molecule has 0 aliphatic carbocycles. The summed E-state index contributed by atoms with van der Waals surface area (Å²) in [4.78, 5) is 34.0. The minimum absolute atomic E-state index is 0.0420. The fourth-order valence-corrected chi connectivity index (χ4v) is 5.24. The highest BCUT2D eigenvalue weighted by atomic mass is 32.2. The first kappa shape index (κ1) is 21.6. The van der Waals surface area contributed by atoms with E-state index in [-0.39, 0.29) is 16.7 Å². The van der Waals surface area contributed by atoms with E-state index >= 15 is 0 Å². The third-order valence-electron chi connectivity index (χ3n) is 6.06. The standard InChI is InChI=1S/C21H28N6O3S/c1-15-4-3-9-27(14-15)21-24-13-18(31(2,29)30)19(25-21)16-5-10-26(11-6-16)20(28)17-12-22-7-8-23-17/h7-8,12-13,15-16H,3-6,9-11,14H2,1-2H3. The summed E-state index contributed by atoms with van der Waals surface area (Å²) in [7, 11) is -3.46. The van der Waals surface area contributed by atoms with E-state index in [9.17, 15) is 13.2 Å². The van der Waals surface area contributed by atoms with Crippen LogP contribution in [0.25, 0.3) is 0 Å². The maximum Gasteiger partial charge on any atom is 0.274 e. The number of rotatable bonds is 4. The van der Waals surface area contributed by atoms with Gasteiger partial charge in [0, 0.05) is 50.7 Å². The molecule has 0 aromatic carbocycles. The molecule has 31 heavy (non-hydrogen) atoms. The molecule has 9 nitrogen and oxygen atoms in total. The molecule has 2 aromatic heterocycles. The zero-order valence-corrected chi connectivity index (χ0v) is 18.8. The predicted octanol–water partition coefficient (Wildman–Crippen LogP) is 1.93. The molecule has 4 heterocycles. The normalized spacial score (nSPS) is 20.6. The van der Waals surface area contributed by atoms with Gasteiger partial charge in [-0.15, -0.1) is 0 Å². The molecular weight excluding hydrogens is 416 g/mol. The second-order valence-corrected chi connectivity index (χ2v) is 10.5. The summed E-state index contributed by atoms with van der Waals surface area (Å²) >= 11 is 0. The van der Waals surface area contributed by atoms with E-state index in [4.69, 9.17) is 4.98 Å². The first-order valence-corrected chi connectivity index (χ1v) is 12.6. The lowest BCUT2D eigenvalue weighted by Crippen LogP contribution is -2.39. The number of carbonyl (C=O) groups excluding carboxylic acids is 1. The third kappa shape index (κ3) is 4.84. The van der Waals surface area contributed by atoms with Crippen molar-refractivity contribution < 1.29 is 13.2 Å². The van der Waals surface area contributed by atoms with Gasteiger partial charge in [-0.25, -0.2) is 23.4 Å². The summed E-state index contributed by atoms with van der Waals surface area (Å²) in [6.45, 7) is 5.00. The molecule has 0 spiro atoms. The number of nitrogens with zero attached hydrogens (tertiary/aromatic N) is 6. The maximum absolute atomic E-state index is 12.7. The van der Waals surface area contributed by atoms with Gasteiger partial charge in [-0.3, -0.25) is 9.78 Å². The summed E-state index contributed by atoms with van der Waals surface area (Å²) in [6, 6.07) is 0. The summed E-state index contributed by atoms with van der Waals surface area (Å²) in [5.41, 5.74) is 0.902. The van der Waals surface area contributed by atoms with Gasteiger partial charge in [-0.2, -0.15) is 0 Å². The molecule has 10 heteroatoms. The van der Waals surface area contributed by atoms with Gasteiger partial charge in [0.1, 0.15) is 10.6 Å². The number of piperidine rings is 2. The molecule has 1 unspecified atom stereocenters. The molecule has 0 N–H and O–H groups in total. The van der Waals surface area contributed by atoms with E-state index in [1.54, 1.807) is 4.90 Å². The van der Waals surface area contributed by atoms with Crippen LogP contribution in [-0.2, 0) is 9.84 Å². The van der Waals surface area contributed by atoms with Crippen molar-refractivity contribution in [2.45, 2.75) is 43.4 Å². The maximum atomic E-state index is 12.7. The van der Waals surface area contributed by atoms with Crippen molar-refractivity contribution in [3.63, 3.8) is 0 Å². The topological polar surface area (TPSA) is 109 Å². The van der Waals surface area contributed by atoms with Crippen LogP contribution in [0.15, 0.2) is 29.7 Å². The summed E-state index contributed by atoms with van der Waals surface area (Å²) in [5, 5.41) is 0. The second kappa shape index (κ2) is 8.86. The van der Waals surface area contributed by atoms with Crippen LogP contribution in [0, 0.1) is 5.92 Å². The van der Waals surface area contributed by atoms with Crippen LogP contribution in [0.1, 0.15) is 54.7 Å². The Morgan fingerprint density at radius 2 is 1.84 bits per heavy atom. The average molecular weight is 445 g/mol. The van der Waals surface area contributed by atoms with Crippen LogP contribution in [-0.4, -0.2) is 71.6 Å². The van der Waals surface area contributed by atoms with Crippen LogP contribution < -0.4 is 4.90 Å². The van der Waals surface area contributed by atoms with Gasteiger partial charge >= 0.3 is 0 Å². The van der Waals surface area contributed by atoms with Crippen LogP contribution in [0.3, 0.4) is 0 Å². The van der Waals surface area contributed by atoms with Crippen molar-refractivity contribution in [2.75, 3.05) is 37.3 Å².